The van der Waals surface area contributed by atoms with E-state index in [0.717, 1.165) is 5.56 Å². The lowest BCUT2D eigenvalue weighted by molar-refractivity contribution is 0.0694. The van der Waals surface area contributed by atoms with E-state index >= 15 is 0 Å². The Morgan fingerprint density at radius 1 is 1.33 bits per heavy atom. The smallest absolute Gasteiger partial charge is 0.337 e. The number of benzene rings is 1. The van der Waals surface area contributed by atoms with Gasteiger partial charge in [-0.2, -0.15) is 0 Å². The number of aromatic carboxylic acids is 1. The van der Waals surface area contributed by atoms with Crippen LogP contribution < -0.4 is 0 Å². The standard InChI is InChI=1S/C17H18FNO2/c1-10(2)7-13-9-15(12-5-4-6-14(18)8-12)19-11(3)16(13)17(20)21/h4-6,8-10H,7H2,1-3H3,(H,20,21). The van der Waals surface area contributed by atoms with Crippen LogP contribution >= 0.6 is 0 Å². The average Bonchev–Trinajstić information content (AvgIpc) is 2.36. The lowest BCUT2D eigenvalue weighted by Gasteiger charge is -2.13. The molecule has 0 radical (unpaired) electrons. The second-order valence-corrected chi connectivity index (χ2v) is 5.54. The van der Waals surface area contributed by atoms with Crippen molar-refractivity contribution in [2.75, 3.05) is 0 Å². The van der Waals surface area contributed by atoms with Crippen LogP contribution in [0.3, 0.4) is 0 Å². The van der Waals surface area contributed by atoms with Crippen molar-refractivity contribution in [2.45, 2.75) is 27.2 Å². The lowest BCUT2D eigenvalue weighted by Crippen LogP contribution is -2.10. The Hall–Kier alpha value is -2.23. The molecule has 0 saturated heterocycles. The van der Waals surface area contributed by atoms with Gasteiger partial charge in [0, 0.05) is 5.56 Å². The summed E-state index contributed by atoms with van der Waals surface area (Å²) in [5.74, 6) is -0.980. The molecule has 4 heteroatoms. The Kier molecular flexibility index (Phi) is 4.36. The van der Waals surface area contributed by atoms with E-state index in [0.29, 0.717) is 29.3 Å². The van der Waals surface area contributed by atoms with Crippen molar-refractivity contribution in [1.29, 1.82) is 0 Å². The Balaban J connectivity index is 2.59. The van der Waals surface area contributed by atoms with Crippen molar-refractivity contribution in [2.24, 2.45) is 5.92 Å². The Labute approximate surface area is 123 Å². The van der Waals surface area contributed by atoms with Gasteiger partial charge in [-0.3, -0.25) is 4.98 Å². The minimum absolute atomic E-state index is 0.254. The number of hydrogen-bond donors (Lipinski definition) is 1. The highest BCUT2D eigenvalue weighted by atomic mass is 19.1. The number of carboxylic acids is 1. The van der Waals surface area contributed by atoms with Gasteiger partial charge in [0.25, 0.3) is 0 Å². The Morgan fingerprint density at radius 3 is 2.62 bits per heavy atom. The number of carboxylic acid groups (broad SMARTS) is 1. The summed E-state index contributed by atoms with van der Waals surface area (Å²) in [7, 11) is 0. The summed E-state index contributed by atoms with van der Waals surface area (Å²) < 4.78 is 13.3. The van der Waals surface area contributed by atoms with E-state index in [2.05, 4.69) is 4.98 Å². The molecule has 1 N–H and O–H groups in total. The number of aryl methyl sites for hydroxylation is 1. The lowest BCUT2D eigenvalue weighted by atomic mass is 9.95. The summed E-state index contributed by atoms with van der Waals surface area (Å²) in [5.41, 5.74) is 2.71. The largest absolute Gasteiger partial charge is 0.478 e. The van der Waals surface area contributed by atoms with E-state index < -0.39 is 5.97 Å². The van der Waals surface area contributed by atoms with E-state index in [9.17, 15) is 14.3 Å². The molecule has 0 spiro atoms. The molecule has 0 aliphatic rings. The van der Waals surface area contributed by atoms with Crippen LogP contribution in [-0.2, 0) is 6.42 Å². The molecule has 0 aliphatic carbocycles. The summed E-state index contributed by atoms with van der Waals surface area (Å²) in [6.45, 7) is 5.74. The normalized spacial score (nSPS) is 10.9. The molecule has 0 bridgehead atoms. The third kappa shape index (κ3) is 3.45. The fraction of sp³-hybridized carbons (Fsp3) is 0.294. The number of pyridine rings is 1. The number of hydrogen-bond acceptors (Lipinski definition) is 2. The highest BCUT2D eigenvalue weighted by molar-refractivity contribution is 5.91. The molecule has 110 valence electrons. The summed E-state index contributed by atoms with van der Waals surface area (Å²) in [6.07, 6.45) is 0.646. The number of halogens is 1. The van der Waals surface area contributed by atoms with E-state index in [1.165, 1.54) is 12.1 Å². The molecular formula is C17H18FNO2. The summed E-state index contributed by atoms with van der Waals surface area (Å²) in [4.78, 5) is 15.8. The highest BCUT2D eigenvalue weighted by Gasteiger charge is 2.17. The van der Waals surface area contributed by atoms with Crippen molar-refractivity contribution in [3.63, 3.8) is 0 Å². The van der Waals surface area contributed by atoms with Gasteiger partial charge in [0.05, 0.1) is 17.0 Å². The number of aromatic nitrogens is 1. The molecule has 21 heavy (non-hydrogen) atoms. The van der Waals surface area contributed by atoms with Crippen LogP contribution in [0.5, 0.6) is 0 Å². The molecule has 2 rings (SSSR count). The van der Waals surface area contributed by atoms with Gasteiger partial charge in [0.1, 0.15) is 5.82 Å². The van der Waals surface area contributed by atoms with E-state index in [1.54, 1.807) is 25.1 Å². The van der Waals surface area contributed by atoms with Gasteiger partial charge in [-0.25, -0.2) is 9.18 Å². The molecule has 1 heterocycles. The third-order valence-corrected chi connectivity index (χ3v) is 3.24. The molecule has 0 unspecified atom stereocenters. The van der Waals surface area contributed by atoms with Gasteiger partial charge < -0.3 is 5.11 Å². The van der Waals surface area contributed by atoms with Gasteiger partial charge in [0.2, 0.25) is 0 Å². The van der Waals surface area contributed by atoms with Crippen molar-refractivity contribution < 1.29 is 14.3 Å². The average molecular weight is 287 g/mol. The van der Waals surface area contributed by atoms with E-state index in [1.807, 2.05) is 13.8 Å². The fourth-order valence-corrected chi connectivity index (χ4v) is 2.43. The van der Waals surface area contributed by atoms with Crippen LogP contribution in [0.2, 0.25) is 0 Å². The molecule has 0 fully saturated rings. The van der Waals surface area contributed by atoms with Crippen molar-refractivity contribution in [3.8, 4) is 11.3 Å². The maximum atomic E-state index is 13.3. The fourth-order valence-electron chi connectivity index (χ4n) is 2.43. The number of nitrogens with zero attached hydrogens (tertiary/aromatic N) is 1. The minimum Gasteiger partial charge on any atom is -0.478 e. The van der Waals surface area contributed by atoms with Gasteiger partial charge in [-0.05, 0) is 43.0 Å². The van der Waals surface area contributed by atoms with Gasteiger partial charge in [-0.1, -0.05) is 26.0 Å². The van der Waals surface area contributed by atoms with Crippen molar-refractivity contribution in [3.05, 3.63) is 53.0 Å². The molecule has 1 aromatic carbocycles. The third-order valence-electron chi connectivity index (χ3n) is 3.24. The molecular weight excluding hydrogens is 269 g/mol. The zero-order valence-electron chi connectivity index (χ0n) is 12.4. The molecule has 3 nitrogen and oxygen atoms in total. The molecule has 1 aromatic heterocycles. The first-order valence-electron chi connectivity index (χ1n) is 6.88. The van der Waals surface area contributed by atoms with Gasteiger partial charge in [-0.15, -0.1) is 0 Å². The van der Waals surface area contributed by atoms with Crippen LogP contribution in [0.15, 0.2) is 30.3 Å². The Morgan fingerprint density at radius 2 is 2.05 bits per heavy atom. The summed E-state index contributed by atoms with van der Waals surface area (Å²) in [6, 6.07) is 7.92. The van der Waals surface area contributed by atoms with Gasteiger partial charge >= 0.3 is 5.97 Å². The van der Waals surface area contributed by atoms with Crippen molar-refractivity contribution >= 4 is 5.97 Å². The van der Waals surface area contributed by atoms with Crippen LogP contribution in [0.4, 0.5) is 4.39 Å². The number of carbonyl (C=O) groups is 1. The maximum absolute atomic E-state index is 13.3. The van der Waals surface area contributed by atoms with Crippen LogP contribution in [0.1, 0.15) is 35.5 Å². The maximum Gasteiger partial charge on any atom is 0.337 e. The molecule has 2 aromatic rings. The summed E-state index contributed by atoms with van der Waals surface area (Å²) >= 11 is 0. The van der Waals surface area contributed by atoms with E-state index in [4.69, 9.17) is 0 Å². The topological polar surface area (TPSA) is 50.2 Å². The highest BCUT2D eigenvalue weighted by Crippen LogP contribution is 2.25. The predicted molar refractivity (Wildman–Crippen MR) is 79.9 cm³/mol. The second-order valence-electron chi connectivity index (χ2n) is 5.54. The van der Waals surface area contributed by atoms with Crippen LogP contribution in [0.25, 0.3) is 11.3 Å². The second kappa shape index (κ2) is 6.04. The van der Waals surface area contributed by atoms with Crippen LogP contribution in [0, 0.1) is 18.7 Å². The summed E-state index contributed by atoms with van der Waals surface area (Å²) in [5, 5.41) is 9.36. The molecule has 0 amide bonds. The van der Waals surface area contributed by atoms with E-state index in [-0.39, 0.29) is 11.4 Å². The zero-order valence-corrected chi connectivity index (χ0v) is 12.4. The molecule has 0 atom stereocenters. The van der Waals surface area contributed by atoms with Crippen molar-refractivity contribution in [1.82, 2.24) is 4.98 Å². The van der Waals surface area contributed by atoms with Crippen LogP contribution in [-0.4, -0.2) is 16.1 Å². The molecule has 0 saturated carbocycles. The monoisotopic (exact) mass is 287 g/mol. The number of rotatable bonds is 4. The predicted octanol–water partition coefficient (Wildman–Crippen LogP) is 4.09. The zero-order chi connectivity index (χ0) is 15.6. The molecule has 0 aliphatic heterocycles. The minimum atomic E-state index is -0.971. The first-order chi connectivity index (χ1) is 9.88. The Bertz CT molecular complexity index is 680. The SMILES string of the molecule is Cc1nc(-c2cccc(F)c2)cc(CC(C)C)c1C(=O)O. The first kappa shape index (κ1) is 15.2. The first-order valence-corrected chi connectivity index (χ1v) is 6.88. The van der Waals surface area contributed by atoms with Gasteiger partial charge in [0.15, 0.2) is 0 Å². The quantitative estimate of drug-likeness (QED) is 0.921.